The van der Waals surface area contributed by atoms with E-state index in [9.17, 15) is 4.79 Å². The highest BCUT2D eigenvalue weighted by atomic mass is 32.1. The van der Waals surface area contributed by atoms with E-state index in [1.807, 2.05) is 10.1 Å². The Bertz CT molecular complexity index is 675. The van der Waals surface area contributed by atoms with Crippen LogP contribution in [0.5, 0.6) is 0 Å². The van der Waals surface area contributed by atoms with Gasteiger partial charge in [-0.1, -0.05) is 26.7 Å². The van der Waals surface area contributed by atoms with Crippen molar-refractivity contribution in [1.29, 1.82) is 0 Å². The minimum absolute atomic E-state index is 0.0392. The topological polar surface area (TPSA) is 59.8 Å². The number of aryl methyl sites for hydroxylation is 1. The van der Waals surface area contributed by atoms with Crippen LogP contribution in [0.3, 0.4) is 0 Å². The van der Waals surface area contributed by atoms with E-state index < -0.39 is 0 Å². The SMILES string of the molecule is CCCCNC(=O)Cc1csc(-n2nc(C)c(CCCC)c2C)n1. The Balaban J connectivity index is 2.06. The summed E-state index contributed by atoms with van der Waals surface area (Å²) in [6.45, 7) is 9.22. The Morgan fingerprint density at radius 3 is 2.71 bits per heavy atom. The van der Waals surface area contributed by atoms with Gasteiger partial charge in [0.2, 0.25) is 11.0 Å². The van der Waals surface area contributed by atoms with Gasteiger partial charge in [-0.15, -0.1) is 11.3 Å². The van der Waals surface area contributed by atoms with Crippen molar-refractivity contribution in [2.75, 3.05) is 6.54 Å². The predicted octanol–water partition coefficient (Wildman–Crippen LogP) is 3.75. The number of nitrogens with zero attached hydrogens (tertiary/aromatic N) is 3. The van der Waals surface area contributed by atoms with Crippen molar-refractivity contribution >= 4 is 17.2 Å². The van der Waals surface area contributed by atoms with Crippen molar-refractivity contribution in [3.63, 3.8) is 0 Å². The summed E-state index contributed by atoms with van der Waals surface area (Å²) in [5, 5.41) is 10.4. The lowest BCUT2D eigenvalue weighted by atomic mass is 10.1. The molecule has 0 spiro atoms. The first-order valence-electron chi connectivity index (χ1n) is 8.83. The van der Waals surface area contributed by atoms with E-state index in [1.165, 1.54) is 18.4 Å². The quantitative estimate of drug-likeness (QED) is 0.702. The van der Waals surface area contributed by atoms with Crippen LogP contribution in [-0.2, 0) is 17.6 Å². The fourth-order valence-corrected chi connectivity index (χ4v) is 3.51. The molecule has 0 fully saturated rings. The predicted molar refractivity (Wildman–Crippen MR) is 98.9 cm³/mol. The Labute approximate surface area is 148 Å². The van der Waals surface area contributed by atoms with Gasteiger partial charge in [-0.25, -0.2) is 9.67 Å². The molecule has 0 unspecified atom stereocenters. The van der Waals surface area contributed by atoms with Crippen molar-refractivity contribution in [2.24, 2.45) is 0 Å². The largest absolute Gasteiger partial charge is 0.356 e. The van der Waals surface area contributed by atoms with Crippen molar-refractivity contribution in [3.8, 4) is 5.13 Å². The summed E-state index contributed by atoms with van der Waals surface area (Å²) < 4.78 is 1.92. The molecule has 2 aromatic heterocycles. The van der Waals surface area contributed by atoms with E-state index in [2.05, 4.69) is 43.1 Å². The molecule has 0 radical (unpaired) electrons. The fourth-order valence-electron chi connectivity index (χ4n) is 2.68. The Morgan fingerprint density at radius 1 is 1.25 bits per heavy atom. The van der Waals surface area contributed by atoms with E-state index in [0.717, 1.165) is 48.0 Å². The molecule has 2 rings (SSSR count). The van der Waals surface area contributed by atoms with Gasteiger partial charge in [-0.05, 0) is 38.7 Å². The lowest BCUT2D eigenvalue weighted by Crippen LogP contribution is -2.26. The highest BCUT2D eigenvalue weighted by Gasteiger charge is 2.15. The normalized spacial score (nSPS) is 11.0. The molecular weight excluding hydrogens is 320 g/mol. The molecule has 0 bridgehead atoms. The van der Waals surface area contributed by atoms with E-state index >= 15 is 0 Å². The second-order valence-corrected chi connectivity index (χ2v) is 7.00. The minimum atomic E-state index is 0.0392. The Morgan fingerprint density at radius 2 is 2.00 bits per heavy atom. The number of nitrogens with one attached hydrogen (secondary N) is 1. The fraction of sp³-hybridized carbons (Fsp3) is 0.611. The number of aromatic nitrogens is 3. The van der Waals surface area contributed by atoms with Crippen LogP contribution in [0, 0.1) is 13.8 Å². The molecule has 132 valence electrons. The second kappa shape index (κ2) is 8.97. The lowest BCUT2D eigenvalue weighted by Gasteiger charge is -2.03. The van der Waals surface area contributed by atoms with Gasteiger partial charge in [0.05, 0.1) is 17.8 Å². The van der Waals surface area contributed by atoms with Gasteiger partial charge in [0.25, 0.3) is 0 Å². The number of hydrogen-bond acceptors (Lipinski definition) is 4. The first-order valence-corrected chi connectivity index (χ1v) is 9.71. The van der Waals surface area contributed by atoms with E-state index in [4.69, 9.17) is 0 Å². The van der Waals surface area contributed by atoms with Crippen molar-refractivity contribution in [1.82, 2.24) is 20.1 Å². The lowest BCUT2D eigenvalue weighted by molar-refractivity contribution is -0.120. The van der Waals surface area contributed by atoms with Crippen LogP contribution in [-0.4, -0.2) is 27.2 Å². The maximum Gasteiger partial charge on any atom is 0.226 e. The standard InChI is InChI=1S/C18H28N4OS/c1-5-7-9-16-13(3)21-22(14(16)4)18-20-15(12-24-18)11-17(23)19-10-8-6-2/h12H,5-11H2,1-4H3,(H,19,23). The number of carbonyl (C=O) groups is 1. The monoisotopic (exact) mass is 348 g/mol. The zero-order valence-electron chi connectivity index (χ0n) is 15.2. The summed E-state index contributed by atoms with van der Waals surface area (Å²) in [5.74, 6) is 0.0392. The molecule has 1 amide bonds. The van der Waals surface area contributed by atoms with Crippen LogP contribution in [0.25, 0.3) is 5.13 Å². The summed E-state index contributed by atoms with van der Waals surface area (Å²) in [6.07, 6.45) is 5.85. The second-order valence-electron chi connectivity index (χ2n) is 6.17. The maximum atomic E-state index is 11.9. The van der Waals surface area contributed by atoms with E-state index in [-0.39, 0.29) is 5.91 Å². The third-order valence-electron chi connectivity index (χ3n) is 4.14. The molecule has 24 heavy (non-hydrogen) atoms. The summed E-state index contributed by atoms with van der Waals surface area (Å²) in [4.78, 5) is 16.5. The maximum absolute atomic E-state index is 11.9. The number of carbonyl (C=O) groups excluding carboxylic acids is 1. The average Bonchev–Trinajstić information content (AvgIpc) is 3.11. The molecule has 0 aromatic carbocycles. The van der Waals surface area contributed by atoms with Gasteiger partial charge in [0.1, 0.15) is 0 Å². The molecule has 6 heteroatoms. The minimum Gasteiger partial charge on any atom is -0.356 e. The van der Waals surface area contributed by atoms with Gasteiger partial charge in [0, 0.05) is 17.6 Å². The molecule has 0 atom stereocenters. The van der Waals surface area contributed by atoms with Crippen LogP contribution >= 0.6 is 11.3 Å². The molecule has 0 aliphatic carbocycles. The average molecular weight is 349 g/mol. The number of hydrogen-bond donors (Lipinski definition) is 1. The van der Waals surface area contributed by atoms with Crippen molar-refractivity contribution < 1.29 is 4.79 Å². The summed E-state index contributed by atoms with van der Waals surface area (Å²) in [6, 6.07) is 0. The van der Waals surface area contributed by atoms with Crippen LogP contribution in [0.15, 0.2) is 5.38 Å². The third kappa shape index (κ3) is 4.66. The van der Waals surface area contributed by atoms with Crippen molar-refractivity contribution in [2.45, 2.75) is 66.2 Å². The van der Waals surface area contributed by atoms with Gasteiger partial charge in [-0.3, -0.25) is 4.79 Å². The molecule has 0 aliphatic rings. The van der Waals surface area contributed by atoms with Gasteiger partial charge in [-0.2, -0.15) is 5.10 Å². The van der Waals surface area contributed by atoms with Crippen LogP contribution in [0.4, 0.5) is 0 Å². The van der Waals surface area contributed by atoms with Crippen molar-refractivity contribution in [3.05, 3.63) is 28.0 Å². The number of amides is 1. The molecular formula is C18H28N4OS. The van der Waals surface area contributed by atoms with Gasteiger partial charge >= 0.3 is 0 Å². The number of unbranched alkanes of at least 4 members (excludes halogenated alkanes) is 2. The van der Waals surface area contributed by atoms with Crippen LogP contribution in [0.1, 0.15) is 62.2 Å². The summed E-state index contributed by atoms with van der Waals surface area (Å²) in [7, 11) is 0. The number of thiazole rings is 1. The highest BCUT2D eigenvalue weighted by Crippen LogP contribution is 2.22. The molecule has 2 heterocycles. The molecule has 1 N–H and O–H groups in total. The zero-order chi connectivity index (χ0) is 17.5. The van der Waals surface area contributed by atoms with E-state index in [0.29, 0.717) is 6.42 Å². The van der Waals surface area contributed by atoms with Crippen LogP contribution < -0.4 is 5.32 Å². The molecule has 5 nitrogen and oxygen atoms in total. The smallest absolute Gasteiger partial charge is 0.226 e. The van der Waals surface area contributed by atoms with Crippen LogP contribution in [0.2, 0.25) is 0 Å². The summed E-state index contributed by atoms with van der Waals surface area (Å²) in [5.41, 5.74) is 4.38. The molecule has 0 saturated heterocycles. The Hall–Kier alpha value is -1.69. The number of rotatable bonds is 9. The highest BCUT2D eigenvalue weighted by molar-refractivity contribution is 7.12. The third-order valence-corrected chi connectivity index (χ3v) is 5.00. The van der Waals surface area contributed by atoms with Gasteiger partial charge < -0.3 is 5.32 Å². The first-order chi connectivity index (χ1) is 11.6. The summed E-state index contributed by atoms with van der Waals surface area (Å²) >= 11 is 1.54. The molecule has 2 aromatic rings. The van der Waals surface area contributed by atoms with Gasteiger partial charge in [0.15, 0.2) is 0 Å². The Kier molecular flexibility index (Phi) is 6.97. The first kappa shape index (κ1) is 18.6. The van der Waals surface area contributed by atoms with E-state index in [1.54, 1.807) is 11.3 Å². The molecule has 0 saturated carbocycles. The molecule has 0 aliphatic heterocycles. The zero-order valence-corrected chi connectivity index (χ0v) is 16.0.